The van der Waals surface area contributed by atoms with Gasteiger partial charge in [0.05, 0.1) is 35.5 Å². The summed E-state index contributed by atoms with van der Waals surface area (Å²) in [5, 5.41) is 5.31. The predicted molar refractivity (Wildman–Crippen MR) is 105 cm³/mol. The van der Waals surface area contributed by atoms with Crippen LogP contribution in [-0.4, -0.2) is 25.4 Å². The maximum atomic E-state index is 6.20. The minimum Gasteiger partial charge on any atom is -0.487 e. The molecule has 0 fully saturated rings. The van der Waals surface area contributed by atoms with Gasteiger partial charge in [0, 0.05) is 17.8 Å². The first kappa shape index (κ1) is 18.5. The standard InChI is InChI=1S/C20H25ClN4O/c1-5-10-25-16(4)20(15(3)23-25)18-11-22-13-24(18)12-14(2)26-19-9-7-6-8-17(19)21/h6-9,11,13-14H,5,10,12H2,1-4H3. The highest BCUT2D eigenvalue weighted by atomic mass is 35.5. The third kappa shape index (κ3) is 3.78. The molecular formula is C20H25ClN4O. The minimum absolute atomic E-state index is 0.0471. The monoisotopic (exact) mass is 372 g/mol. The second kappa shape index (κ2) is 7.96. The summed E-state index contributed by atoms with van der Waals surface area (Å²) in [6.07, 6.45) is 4.76. The Balaban J connectivity index is 1.82. The van der Waals surface area contributed by atoms with Crippen molar-refractivity contribution in [3.05, 3.63) is 53.2 Å². The molecule has 0 spiro atoms. The van der Waals surface area contributed by atoms with E-state index in [0.717, 1.165) is 29.9 Å². The van der Waals surface area contributed by atoms with Crippen molar-refractivity contribution in [2.75, 3.05) is 0 Å². The SMILES string of the molecule is CCCn1nc(C)c(-c2cncn2CC(C)Oc2ccccc2Cl)c1C. The van der Waals surface area contributed by atoms with Gasteiger partial charge in [0.2, 0.25) is 0 Å². The van der Waals surface area contributed by atoms with Crippen LogP contribution in [0.25, 0.3) is 11.3 Å². The van der Waals surface area contributed by atoms with E-state index in [1.165, 1.54) is 5.69 Å². The molecule has 0 bridgehead atoms. The Morgan fingerprint density at radius 2 is 2.00 bits per heavy atom. The molecule has 0 aliphatic rings. The van der Waals surface area contributed by atoms with Crippen LogP contribution in [0.4, 0.5) is 0 Å². The van der Waals surface area contributed by atoms with Gasteiger partial charge >= 0.3 is 0 Å². The number of halogens is 1. The maximum absolute atomic E-state index is 6.20. The Labute approximate surface area is 159 Å². The summed E-state index contributed by atoms with van der Waals surface area (Å²) in [4.78, 5) is 4.36. The van der Waals surface area contributed by atoms with Crippen LogP contribution in [0.3, 0.4) is 0 Å². The Hall–Kier alpha value is -2.27. The van der Waals surface area contributed by atoms with E-state index in [4.69, 9.17) is 16.3 Å². The quantitative estimate of drug-likeness (QED) is 0.592. The number of aromatic nitrogens is 4. The zero-order chi connectivity index (χ0) is 18.7. The smallest absolute Gasteiger partial charge is 0.138 e. The van der Waals surface area contributed by atoms with Crippen molar-refractivity contribution in [1.82, 2.24) is 19.3 Å². The second-order valence-corrected chi connectivity index (χ2v) is 6.97. The van der Waals surface area contributed by atoms with E-state index >= 15 is 0 Å². The number of rotatable bonds is 7. The first-order valence-corrected chi connectivity index (χ1v) is 9.34. The van der Waals surface area contributed by atoms with Crippen LogP contribution >= 0.6 is 11.6 Å². The Morgan fingerprint density at radius 1 is 1.23 bits per heavy atom. The fourth-order valence-corrected chi connectivity index (χ4v) is 3.42. The lowest BCUT2D eigenvalue weighted by Gasteiger charge is -2.18. The Bertz CT molecular complexity index is 884. The number of ether oxygens (including phenoxy) is 1. The van der Waals surface area contributed by atoms with Crippen molar-refractivity contribution in [2.45, 2.75) is 53.3 Å². The van der Waals surface area contributed by atoms with Crippen LogP contribution in [0.5, 0.6) is 5.75 Å². The van der Waals surface area contributed by atoms with Gasteiger partial charge in [-0.15, -0.1) is 0 Å². The number of hydrogen-bond donors (Lipinski definition) is 0. The molecule has 3 rings (SSSR count). The summed E-state index contributed by atoms with van der Waals surface area (Å²) >= 11 is 6.20. The molecule has 6 heteroatoms. The van der Waals surface area contributed by atoms with Crippen molar-refractivity contribution in [3.63, 3.8) is 0 Å². The molecular weight excluding hydrogens is 348 g/mol. The second-order valence-electron chi connectivity index (χ2n) is 6.56. The van der Waals surface area contributed by atoms with Crippen molar-refractivity contribution < 1.29 is 4.74 Å². The minimum atomic E-state index is -0.0471. The molecule has 0 aliphatic carbocycles. The Morgan fingerprint density at radius 3 is 2.73 bits per heavy atom. The van der Waals surface area contributed by atoms with Gasteiger partial charge < -0.3 is 9.30 Å². The molecule has 0 amide bonds. The topological polar surface area (TPSA) is 44.9 Å². The molecule has 1 aromatic carbocycles. The van der Waals surface area contributed by atoms with E-state index in [0.29, 0.717) is 17.3 Å². The molecule has 2 heterocycles. The highest BCUT2D eigenvalue weighted by Crippen LogP contribution is 2.28. The van der Waals surface area contributed by atoms with E-state index < -0.39 is 0 Å². The lowest BCUT2D eigenvalue weighted by molar-refractivity contribution is 0.200. The predicted octanol–water partition coefficient (Wildman–Crippen LogP) is 4.89. The lowest BCUT2D eigenvalue weighted by Crippen LogP contribution is -2.20. The highest BCUT2D eigenvalue weighted by Gasteiger charge is 2.18. The van der Waals surface area contributed by atoms with E-state index in [1.807, 2.05) is 43.7 Å². The molecule has 0 radical (unpaired) electrons. The van der Waals surface area contributed by atoms with Crippen LogP contribution in [0.1, 0.15) is 31.7 Å². The molecule has 2 aromatic heterocycles. The van der Waals surface area contributed by atoms with Crippen LogP contribution < -0.4 is 4.74 Å². The number of imidazole rings is 1. The number of nitrogens with zero attached hydrogens (tertiary/aromatic N) is 4. The first-order valence-electron chi connectivity index (χ1n) is 8.97. The molecule has 26 heavy (non-hydrogen) atoms. The molecule has 0 saturated carbocycles. The van der Waals surface area contributed by atoms with Crippen LogP contribution in [0, 0.1) is 13.8 Å². The molecule has 5 nitrogen and oxygen atoms in total. The first-order chi connectivity index (χ1) is 12.5. The maximum Gasteiger partial charge on any atom is 0.138 e. The zero-order valence-corrected chi connectivity index (χ0v) is 16.5. The van der Waals surface area contributed by atoms with Gasteiger partial charge in [-0.2, -0.15) is 5.10 Å². The van der Waals surface area contributed by atoms with E-state index in [2.05, 4.69) is 40.1 Å². The van der Waals surface area contributed by atoms with E-state index in [-0.39, 0.29) is 6.10 Å². The largest absolute Gasteiger partial charge is 0.487 e. The van der Waals surface area contributed by atoms with E-state index in [1.54, 1.807) is 0 Å². The summed E-state index contributed by atoms with van der Waals surface area (Å²) in [6, 6.07) is 7.54. The normalized spacial score (nSPS) is 12.3. The van der Waals surface area contributed by atoms with Crippen LogP contribution in [-0.2, 0) is 13.1 Å². The van der Waals surface area contributed by atoms with Crippen molar-refractivity contribution in [1.29, 1.82) is 0 Å². The lowest BCUT2D eigenvalue weighted by atomic mass is 10.1. The van der Waals surface area contributed by atoms with Crippen molar-refractivity contribution in [3.8, 4) is 17.0 Å². The third-order valence-electron chi connectivity index (χ3n) is 4.40. The van der Waals surface area contributed by atoms with E-state index in [9.17, 15) is 0 Å². The van der Waals surface area contributed by atoms with Crippen molar-refractivity contribution >= 4 is 11.6 Å². The number of aryl methyl sites for hydroxylation is 2. The molecule has 0 N–H and O–H groups in total. The van der Waals surface area contributed by atoms with Gasteiger partial charge in [-0.3, -0.25) is 4.68 Å². The van der Waals surface area contributed by atoms with Gasteiger partial charge in [0.25, 0.3) is 0 Å². The highest BCUT2D eigenvalue weighted by molar-refractivity contribution is 6.32. The average molecular weight is 373 g/mol. The van der Waals surface area contributed by atoms with Gasteiger partial charge in [-0.05, 0) is 39.3 Å². The molecule has 1 atom stereocenters. The summed E-state index contributed by atoms with van der Waals surface area (Å²) in [5.41, 5.74) is 4.42. The number of benzene rings is 1. The summed E-state index contributed by atoms with van der Waals surface area (Å²) < 4.78 is 10.2. The van der Waals surface area contributed by atoms with Crippen molar-refractivity contribution in [2.24, 2.45) is 0 Å². The number of para-hydroxylation sites is 1. The zero-order valence-electron chi connectivity index (χ0n) is 15.7. The third-order valence-corrected chi connectivity index (χ3v) is 4.72. The summed E-state index contributed by atoms with van der Waals surface area (Å²) in [7, 11) is 0. The van der Waals surface area contributed by atoms with Crippen LogP contribution in [0.15, 0.2) is 36.8 Å². The molecule has 0 aliphatic heterocycles. The molecule has 3 aromatic rings. The average Bonchev–Trinajstić information content (AvgIpc) is 3.14. The number of hydrogen-bond acceptors (Lipinski definition) is 3. The van der Waals surface area contributed by atoms with Gasteiger partial charge in [-0.1, -0.05) is 30.7 Å². The van der Waals surface area contributed by atoms with Gasteiger partial charge in [0.1, 0.15) is 11.9 Å². The molecule has 138 valence electrons. The van der Waals surface area contributed by atoms with Crippen LogP contribution in [0.2, 0.25) is 5.02 Å². The molecule has 1 unspecified atom stereocenters. The summed E-state index contributed by atoms with van der Waals surface area (Å²) in [5.74, 6) is 0.700. The van der Waals surface area contributed by atoms with Gasteiger partial charge in [-0.25, -0.2) is 4.98 Å². The fourth-order valence-electron chi connectivity index (χ4n) is 3.24. The molecule has 0 saturated heterocycles. The fraction of sp³-hybridized carbons (Fsp3) is 0.400. The Kier molecular flexibility index (Phi) is 5.67. The summed E-state index contributed by atoms with van der Waals surface area (Å²) in [6.45, 7) is 9.97. The van der Waals surface area contributed by atoms with Gasteiger partial charge in [0.15, 0.2) is 0 Å².